The van der Waals surface area contributed by atoms with Crippen LogP contribution in [0.5, 0.6) is 0 Å². The van der Waals surface area contributed by atoms with Crippen molar-refractivity contribution in [2.75, 3.05) is 13.1 Å². The van der Waals surface area contributed by atoms with Crippen molar-refractivity contribution in [3.63, 3.8) is 0 Å². The van der Waals surface area contributed by atoms with E-state index in [9.17, 15) is 4.79 Å². The van der Waals surface area contributed by atoms with E-state index >= 15 is 0 Å². The molecule has 3 aliphatic rings. The second-order valence-electron chi connectivity index (χ2n) is 4.68. The normalized spacial score (nSPS) is 43.6. The van der Waals surface area contributed by atoms with Gasteiger partial charge in [-0.3, -0.25) is 4.79 Å². The molecular weight excluding hydrogens is 192 g/mol. The molecule has 5 nitrogen and oxygen atoms in total. The van der Waals surface area contributed by atoms with Crippen LogP contribution in [0.2, 0.25) is 0 Å². The highest BCUT2D eigenvalue weighted by Crippen LogP contribution is 2.44. The fourth-order valence-electron chi connectivity index (χ4n) is 2.94. The van der Waals surface area contributed by atoms with Gasteiger partial charge in [0.05, 0.1) is 13.1 Å². The van der Waals surface area contributed by atoms with E-state index in [1.165, 1.54) is 0 Å². The molecule has 2 aliphatic heterocycles. The third kappa shape index (κ3) is 1.12. The number of azo groups is 2. The number of carbonyl (C=O) groups excluding carboxylic acids is 1. The average molecular weight is 206 g/mol. The third-order valence-electron chi connectivity index (χ3n) is 3.80. The highest BCUT2D eigenvalue weighted by molar-refractivity contribution is 5.98. The predicted octanol–water partition coefficient (Wildman–Crippen LogP) is 1.93. The molecule has 2 unspecified atom stereocenters. The van der Waals surface area contributed by atoms with Crippen molar-refractivity contribution in [1.29, 1.82) is 0 Å². The molecule has 0 saturated heterocycles. The number of hydrogen-bond acceptors (Lipinski definition) is 5. The zero-order valence-electron chi connectivity index (χ0n) is 8.65. The Morgan fingerprint density at radius 3 is 1.80 bits per heavy atom. The molecule has 2 atom stereocenters. The van der Waals surface area contributed by atoms with E-state index in [1.54, 1.807) is 0 Å². The van der Waals surface area contributed by atoms with Gasteiger partial charge in [-0.1, -0.05) is 0 Å². The summed E-state index contributed by atoms with van der Waals surface area (Å²) in [5, 5.41) is 16.4. The lowest BCUT2D eigenvalue weighted by molar-refractivity contribution is -0.131. The summed E-state index contributed by atoms with van der Waals surface area (Å²) in [5.74, 6) is 0.184. The van der Waals surface area contributed by atoms with Crippen molar-refractivity contribution in [3.8, 4) is 0 Å². The van der Waals surface area contributed by atoms with Crippen LogP contribution in [0.3, 0.4) is 0 Å². The first-order valence-corrected chi connectivity index (χ1v) is 5.60. The molecule has 80 valence electrons. The van der Waals surface area contributed by atoms with E-state index < -0.39 is 11.1 Å². The van der Waals surface area contributed by atoms with Gasteiger partial charge in [0.15, 0.2) is 5.78 Å². The lowest BCUT2D eigenvalue weighted by Gasteiger charge is -2.37. The van der Waals surface area contributed by atoms with Crippen molar-refractivity contribution in [3.05, 3.63) is 0 Å². The van der Waals surface area contributed by atoms with Crippen molar-refractivity contribution in [2.45, 2.75) is 43.2 Å². The molecule has 2 heterocycles. The van der Waals surface area contributed by atoms with Gasteiger partial charge in [-0.25, -0.2) is 0 Å². The van der Waals surface area contributed by atoms with Crippen LogP contribution in [0.1, 0.15) is 32.1 Å². The first-order chi connectivity index (χ1) is 7.28. The molecule has 0 amide bonds. The molecule has 0 N–H and O–H groups in total. The molecule has 3 rings (SSSR count). The van der Waals surface area contributed by atoms with Crippen molar-refractivity contribution >= 4 is 5.78 Å². The van der Waals surface area contributed by atoms with E-state index in [2.05, 4.69) is 20.5 Å². The zero-order valence-corrected chi connectivity index (χ0v) is 8.65. The molecule has 1 saturated carbocycles. The second kappa shape index (κ2) is 2.93. The molecule has 0 aromatic rings. The van der Waals surface area contributed by atoms with Gasteiger partial charge in [-0.15, -0.1) is 0 Å². The third-order valence-corrected chi connectivity index (χ3v) is 3.80. The van der Waals surface area contributed by atoms with Gasteiger partial charge in [-0.05, 0) is 19.3 Å². The van der Waals surface area contributed by atoms with E-state index in [0.717, 1.165) is 32.1 Å². The summed E-state index contributed by atoms with van der Waals surface area (Å²) < 4.78 is 0. The molecular formula is C10H14N4O. The number of rotatable bonds is 0. The van der Waals surface area contributed by atoms with E-state index in [-0.39, 0.29) is 5.78 Å². The Balaban J connectivity index is 1.97. The van der Waals surface area contributed by atoms with Gasteiger partial charge < -0.3 is 0 Å². The monoisotopic (exact) mass is 206 g/mol. The van der Waals surface area contributed by atoms with Gasteiger partial charge in [0.2, 0.25) is 0 Å². The minimum Gasteiger partial charge on any atom is -0.294 e. The Labute approximate surface area is 88.1 Å². The Morgan fingerprint density at radius 1 is 0.867 bits per heavy atom. The maximum atomic E-state index is 12.5. The average Bonchev–Trinajstić information content (AvgIpc) is 2.86. The lowest BCUT2D eigenvalue weighted by Crippen LogP contribution is -2.52. The van der Waals surface area contributed by atoms with Crippen LogP contribution >= 0.6 is 0 Å². The van der Waals surface area contributed by atoms with Crippen molar-refractivity contribution in [2.24, 2.45) is 20.5 Å². The minimum absolute atomic E-state index is 0.184. The van der Waals surface area contributed by atoms with E-state index in [4.69, 9.17) is 0 Å². The molecule has 0 aromatic carbocycles. The summed E-state index contributed by atoms with van der Waals surface area (Å²) in [4.78, 5) is 12.5. The fourth-order valence-corrected chi connectivity index (χ4v) is 2.94. The summed E-state index contributed by atoms with van der Waals surface area (Å²) in [6.45, 7) is 1.39. The summed E-state index contributed by atoms with van der Waals surface area (Å²) in [5.41, 5.74) is -1.05. The number of hydrogen-bond donors (Lipinski definition) is 0. The first-order valence-electron chi connectivity index (χ1n) is 5.60. The van der Waals surface area contributed by atoms with Crippen LogP contribution in [-0.4, -0.2) is 30.0 Å². The van der Waals surface area contributed by atoms with E-state index in [0.29, 0.717) is 13.1 Å². The summed E-state index contributed by atoms with van der Waals surface area (Å²) in [6, 6.07) is 0. The Morgan fingerprint density at radius 2 is 1.40 bits per heavy atom. The quantitative estimate of drug-likeness (QED) is 0.597. The van der Waals surface area contributed by atoms with Crippen molar-refractivity contribution < 1.29 is 4.79 Å². The Hall–Kier alpha value is -1.13. The SMILES string of the molecule is O=C1C2(CCCC13CCN=N3)CCN=N2. The van der Waals surface area contributed by atoms with Crippen LogP contribution in [-0.2, 0) is 4.79 Å². The summed E-state index contributed by atoms with van der Waals surface area (Å²) in [7, 11) is 0. The molecule has 2 spiro atoms. The smallest absolute Gasteiger partial charge is 0.191 e. The molecule has 1 aliphatic carbocycles. The minimum atomic E-state index is -0.526. The second-order valence-corrected chi connectivity index (χ2v) is 4.68. The number of Topliss-reactive ketones (excluding diaryl/α,β-unsaturated/α-hetero) is 1. The van der Waals surface area contributed by atoms with Crippen LogP contribution in [0.25, 0.3) is 0 Å². The van der Waals surface area contributed by atoms with Crippen molar-refractivity contribution in [1.82, 2.24) is 0 Å². The van der Waals surface area contributed by atoms with Crippen LogP contribution < -0.4 is 0 Å². The summed E-state index contributed by atoms with van der Waals surface area (Å²) in [6.07, 6.45) is 4.29. The predicted molar refractivity (Wildman–Crippen MR) is 53.0 cm³/mol. The largest absolute Gasteiger partial charge is 0.294 e. The topological polar surface area (TPSA) is 66.5 Å². The fraction of sp³-hybridized carbons (Fsp3) is 0.900. The van der Waals surface area contributed by atoms with Gasteiger partial charge in [0.1, 0.15) is 11.1 Å². The molecule has 15 heavy (non-hydrogen) atoms. The molecule has 0 radical (unpaired) electrons. The molecule has 5 heteroatoms. The number of carbonyl (C=O) groups is 1. The van der Waals surface area contributed by atoms with E-state index in [1.807, 2.05) is 0 Å². The zero-order chi connectivity index (χ0) is 10.4. The van der Waals surface area contributed by atoms with Crippen LogP contribution in [0, 0.1) is 0 Å². The highest BCUT2D eigenvalue weighted by Gasteiger charge is 2.56. The standard InChI is InChI=1S/C10H14N4O/c15-8-9(4-6-11-13-9)2-1-3-10(8)5-7-12-14-10/h1-7H2. The highest BCUT2D eigenvalue weighted by atomic mass is 16.1. The van der Waals surface area contributed by atoms with Gasteiger partial charge in [-0.2, -0.15) is 20.5 Å². The Kier molecular flexibility index (Phi) is 1.78. The van der Waals surface area contributed by atoms with Gasteiger partial charge >= 0.3 is 0 Å². The molecule has 1 fully saturated rings. The molecule has 0 bridgehead atoms. The Bertz CT molecular complexity index is 332. The van der Waals surface area contributed by atoms with Gasteiger partial charge in [0.25, 0.3) is 0 Å². The number of nitrogens with zero attached hydrogens (tertiary/aromatic N) is 4. The first kappa shape index (κ1) is 9.12. The maximum absolute atomic E-state index is 12.5. The maximum Gasteiger partial charge on any atom is 0.191 e. The molecule has 0 aromatic heterocycles. The van der Waals surface area contributed by atoms with Gasteiger partial charge in [0, 0.05) is 12.8 Å². The summed E-state index contributed by atoms with van der Waals surface area (Å²) >= 11 is 0. The van der Waals surface area contributed by atoms with Crippen LogP contribution in [0.15, 0.2) is 20.5 Å². The van der Waals surface area contributed by atoms with Crippen LogP contribution in [0.4, 0.5) is 0 Å². The number of ketones is 1. The lowest BCUT2D eigenvalue weighted by atomic mass is 9.68.